The predicted octanol–water partition coefficient (Wildman–Crippen LogP) is 4.56. The number of esters is 1. The van der Waals surface area contributed by atoms with Crippen LogP contribution in [0.5, 0.6) is 0 Å². The lowest BCUT2D eigenvalue weighted by Gasteiger charge is -2.29. The van der Waals surface area contributed by atoms with Gasteiger partial charge in [0.2, 0.25) is 0 Å². The number of hydrogen-bond acceptors (Lipinski definition) is 4. The third kappa shape index (κ3) is 4.65. The number of pyridine rings is 1. The van der Waals surface area contributed by atoms with Gasteiger partial charge in [0.15, 0.2) is 5.11 Å². The highest BCUT2D eigenvalue weighted by Crippen LogP contribution is 2.39. The smallest absolute Gasteiger partial charge is 0.305 e. The van der Waals surface area contributed by atoms with E-state index in [-0.39, 0.29) is 18.1 Å². The summed E-state index contributed by atoms with van der Waals surface area (Å²) < 4.78 is 7.98. The second kappa shape index (κ2) is 9.62. The van der Waals surface area contributed by atoms with Crippen molar-refractivity contribution in [3.05, 3.63) is 82.9 Å². The maximum absolute atomic E-state index is 11.6. The van der Waals surface area contributed by atoms with Crippen molar-refractivity contribution in [3.63, 3.8) is 0 Å². The van der Waals surface area contributed by atoms with E-state index in [2.05, 4.69) is 60.1 Å². The maximum Gasteiger partial charge on any atom is 0.305 e. The van der Waals surface area contributed by atoms with Gasteiger partial charge in [-0.05, 0) is 61.1 Å². The van der Waals surface area contributed by atoms with Crippen LogP contribution in [-0.2, 0) is 9.53 Å². The van der Waals surface area contributed by atoms with E-state index in [1.54, 1.807) is 6.20 Å². The summed E-state index contributed by atoms with van der Waals surface area (Å²) in [6, 6.07) is 18.1. The van der Waals surface area contributed by atoms with E-state index in [4.69, 9.17) is 17.0 Å². The first-order valence-electron chi connectivity index (χ1n) is 10.1. The van der Waals surface area contributed by atoms with Crippen LogP contribution in [0.25, 0.3) is 5.69 Å². The summed E-state index contributed by atoms with van der Waals surface area (Å²) in [5.41, 5.74) is 3.08. The lowest BCUT2D eigenvalue weighted by atomic mass is 10.0. The molecular formula is C23H23BrN4O2S. The molecule has 0 amide bonds. The van der Waals surface area contributed by atoms with E-state index < -0.39 is 0 Å². The molecule has 160 valence electrons. The monoisotopic (exact) mass is 498 g/mol. The molecule has 0 spiro atoms. The van der Waals surface area contributed by atoms with Gasteiger partial charge in [-0.3, -0.25) is 9.78 Å². The zero-order chi connectivity index (χ0) is 21.8. The Hall–Kier alpha value is -2.71. The fourth-order valence-electron chi connectivity index (χ4n) is 3.96. The van der Waals surface area contributed by atoms with Crippen LogP contribution in [0.2, 0.25) is 0 Å². The molecule has 31 heavy (non-hydrogen) atoms. The number of thiocarbonyl (C=S) groups is 1. The SMILES string of the molecule is COC(=O)CCCN1C(=S)NC(c2ccccn2)C1c1cccn1-c1cccc(Br)c1. The van der Waals surface area contributed by atoms with Crippen molar-refractivity contribution in [1.29, 1.82) is 0 Å². The van der Waals surface area contributed by atoms with Crippen molar-refractivity contribution >= 4 is 39.2 Å². The van der Waals surface area contributed by atoms with Gasteiger partial charge < -0.3 is 19.5 Å². The lowest BCUT2D eigenvalue weighted by molar-refractivity contribution is -0.140. The molecule has 1 saturated heterocycles. The zero-order valence-electron chi connectivity index (χ0n) is 17.1. The van der Waals surface area contributed by atoms with Crippen molar-refractivity contribution in [1.82, 2.24) is 19.8 Å². The number of carbonyl (C=O) groups excluding carboxylic acids is 1. The van der Waals surface area contributed by atoms with Gasteiger partial charge in [-0.25, -0.2) is 0 Å². The molecular weight excluding hydrogens is 476 g/mol. The largest absolute Gasteiger partial charge is 0.469 e. The highest BCUT2D eigenvalue weighted by Gasteiger charge is 2.41. The number of methoxy groups -OCH3 is 1. The average molecular weight is 499 g/mol. The Kier molecular flexibility index (Phi) is 6.67. The fraction of sp³-hybridized carbons (Fsp3) is 0.261. The number of nitrogens with one attached hydrogen (secondary N) is 1. The highest BCUT2D eigenvalue weighted by molar-refractivity contribution is 9.10. The van der Waals surface area contributed by atoms with E-state index in [1.165, 1.54) is 7.11 Å². The number of aromatic nitrogens is 2. The molecule has 2 atom stereocenters. The maximum atomic E-state index is 11.6. The van der Waals surface area contributed by atoms with Crippen molar-refractivity contribution < 1.29 is 9.53 Å². The Morgan fingerprint density at radius 1 is 1.23 bits per heavy atom. The molecule has 0 bridgehead atoms. The van der Waals surface area contributed by atoms with Crippen LogP contribution in [0.1, 0.15) is 36.3 Å². The minimum absolute atomic E-state index is 0.0750. The molecule has 1 aliphatic heterocycles. The second-order valence-electron chi connectivity index (χ2n) is 7.28. The summed E-state index contributed by atoms with van der Waals surface area (Å²) in [5, 5.41) is 4.12. The fourth-order valence-corrected chi connectivity index (χ4v) is 4.68. The van der Waals surface area contributed by atoms with Crippen LogP contribution in [0.15, 0.2) is 71.5 Å². The molecule has 1 N–H and O–H groups in total. The van der Waals surface area contributed by atoms with Gasteiger partial charge in [-0.2, -0.15) is 0 Å². The lowest BCUT2D eigenvalue weighted by Crippen LogP contribution is -2.31. The van der Waals surface area contributed by atoms with Gasteiger partial charge in [0, 0.05) is 41.2 Å². The summed E-state index contributed by atoms with van der Waals surface area (Å²) in [6.45, 7) is 0.637. The molecule has 3 aromatic rings. The number of carbonyl (C=O) groups is 1. The zero-order valence-corrected chi connectivity index (χ0v) is 19.5. The Morgan fingerprint density at radius 2 is 2.10 bits per heavy atom. The third-order valence-corrected chi connectivity index (χ3v) is 6.22. The third-order valence-electron chi connectivity index (χ3n) is 5.38. The van der Waals surface area contributed by atoms with Crippen LogP contribution in [-0.4, -0.2) is 39.2 Å². The second-order valence-corrected chi connectivity index (χ2v) is 8.58. The van der Waals surface area contributed by atoms with E-state index in [0.29, 0.717) is 24.5 Å². The van der Waals surface area contributed by atoms with Gasteiger partial charge in [0.05, 0.1) is 24.9 Å². The molecule has 0 saturated carbocycles. The minimum atomic E-state index is -0.214. The van der Waals surface area contributed by atoms with E-state index in [1.807, 2.05) is 36.4 Å². The molecule has 3 heterocycles. The van der Waals surface area contributed by atoms with E-state index in [0.717, 1.165) is 21.5 Å². The number of halogens is 1. The van der Waals surface area contributed by atoms with Gasteiger partial charge in [0.1, 0.15) is 0 Å². The topological polar surface area (TPSA) is 59.4 Å². The summed E-state index contributed by atoms with van der Waals surface area (Å²) >= 11 is 9.28. The molecule has 1 aromatic carbocycles. The van der Waals surface area contributed by atoms with Crippen LogP contribution in [0.3, 0.4) is 0 Å². The first-order valence-corrected chi connectivity index (χ1v) is 11.3. The first-order chi connectivity index (χ1) is 15.1. The number of ether oxygens (including phenoxy) is 1. The number of nitrogens with zero attached hydrogens (tertiary/aromatic N) is 3. The number of benzene rings is 1. The summed E-state index contributed by atoms with van der Waals surface area (Å²) in [6.07, 6.45) is 4.85. The van der Waals surface area contributed by atoms with E-state index >= 15 is 0 Å². The molecule has 0 radical (unpaired) electrons. The standard InChI is InChI=1S/C23H23BrN4O2S/c1-30-20(29)11-6-14-28-22(21(26-23(28)31)18-9-2-3-12-25-18)19-10-5-13-27(19)17-8-4-7-16(24)15-17/h2-5,7-10,12-13,15,21-22H,6,11,14H2,1H3,(H,26,31). The van der Waals surface area contributed by atoms with E-state index in [9.17, 15) is 4.79 Å². The Morgan fingerprint density at radius 3 is 2.84 bits per heavy atom. The molecule has 1 fully saturated rings. The molecule has 2 unspecified atom stereocenters. The Balaban J connectivity index is 1.72. The van der Waals surface area contributed by atoms with Crippen LogP contribution in [0, 0.1) is 0 Å². The molecule has 6 nitrogen and oxygen atoms in total. The number of rotatable bonds is 7. The Bertz CT molecular complexity index is 1070. The molecule has 2 aromatic heterocycles. The number of hydrogen-bond donors (Lipinski definition) is 1. The quantitative estimate of drug-likeness (QED) is 0.380. The van der Waals surface area contributed by atoms with Crippen LogP contribution < -0.4 is 5.32 Å². The first kappa shape index (κ1) is 21.5. The van der Waals surface area contributed by atoms with Crippen molar-refractivity contribution in [3.8, 4) is 5.69 Å². The summed E-state index contributed by atoms with van der Waals surface area (Å²) in [4.78, 5) is 18.4. The normalized spacial score (nSPS) is 18.1. The highest BCUT2D eigenvalue weighted by atomic mass is 79.9. The van der Waals surface area contributed by atoms with Crippen molar-refractivity contribution in [2.45, 2.75) is 24.9 Å². The van der Waals surface area contributed by atoms with Gasteiger partial charge >= 0.3 is 5.97 Å². The van der Waals surface area contributed by atoms with Crippen molar-refractivity contribution in [2.75, 3.05) is 13.7 Å². The van der Waals surface area contributed by atoms with Crippen LogP contribution >= 0.6 is 28.1 Å². The van der Waals surface area contributed by atoms with Gasteiger partial charge in [0.25, 0.3) is 0 Å². The van der Waals surface area contributed by atoms with Gasteiger partial charge in [-0.1, -0.05) is 28.1 Å². The summed E-state index contributed by atoms with van der Waals surface area (Å²) in [7, 11) is 1.41. The van der Waals surface area contributed by atoms with Crippen LogP contribution in [0.4, 0.5) is 0 Å². The molecule has 8 heteroatoms. The predicted molar refractivity (Wildman–Crippen MR) is 127 cm³/mol. The average Bonchev–Trinajstić information content (AvgIpc) is 3.39. The van der Waals surface area contributed by atoms with Crippen molar-refractivity contribution in [2.24, 2.45) is 0 Å². The minimum Gasteiger partial charge on any atom is -0.469 e. The Labute approximate surface area is 195 Å². The molecule has 0 aliphatic carbocycles. The molecule has 4 rings (SSSR count). The summed E-state index contributed by atoms with van der Waals surface area (Å²) in [5.74, 6) is -0.214. The molecule has 1 aliphatic rings. The van der Waals surface area contributed by atoms with Gasteiger partial charge in [-0.15, -0.1) is 0 Å².